The summed E-state index contributed by atoms with van der Waals surface area (Å²) >= 11 is 7.96. The highest BCUT2D eigenvalue weighted by Crippen LogP contribution is 2.19. The number of hydrogen-bond donors (Lipinski definition) is 2. The van der Waals surface area contributed by atoms with E-state index in [4.69, 9.17) is 16.7 Å². The van der Waals surface area contributed by atoms with E-state index in [1.807, 2.05) is 0 Å². The minimum absolute atomic E-state index is 0.0419. The molecule has 7 nitrogen and oxygen atoms in total. The Morgan fingerprint density at radius 2 is 2.25 bits per heavy atom. The number of amides is 1. The Labute approximate surface area is 126 Å². The van der Waals surface area contributed by atoms with Crippen LogP contribution in [0.1, 0.15) is 10.5 Å². The van der Waals surface area contributed by atoms with Crippen LogP contribution in [-0.4, -0.2) is 37.7 Å². The van der Waals surface area contributed by atoms with Crippen LogP contribution in [0.3, 0.4) is 0 Å². The molecule has 2 heterocycles. The van der Waals surface area contributed by atoms with Crippen LogP contribution in [-0.2, 0) is 4.79 Å². The van der Waals surface area contributed by atoms with Crippen molar-refractivity contribution in [2.24, 2.45) is 0 Å². The van der Waals surface area contributed by atoms with E-state index < -0.39 is 5.97 Å². The van der Waals surface area contributed by atoms with E-state index >= 15 is 0 Å². The van der Waals surface area contributed by atoms with Crippen LogP contribution in [0.15, 0.2) is 22.9 Å². The zero-order valence-electron chi connectivity index (χ0n) is 9.74. The van der Waals surface area contributed by atoms with Crippen molar-refractivity contribution in [2.45, 2.75) is 5.16 Å². The van der Waals surface area contributed by atoms with Gasteiger partial charge in [0.15, 0.2) is 16.0 Å². The lowest BCUT2D eigenvalue weighted by molar-refractivity contribution is -0.113. The summed E-state index contributed by atoms with van der Waals surface area (Å²) in [6.45, 7) is 0. The number of aromatic carboxylic acids is 1. The molecular weight excluding hydrogens is 324 g/mol. The standard InChI is InChI=1S/C10H7ClN4O3S2/c11-5-3-13-10(15-7(5)8(17)18)20-4-6(16)14-9-12-1-2-19-9/h1-3H,4H2,(H,17,18)(H,12,14,16). The molecule has 2 aromatic rings. The molecule has 0 spiro atoms. The number of carbonyl (C=O) groups is 2. The number of rotatable bonds is 5. The van der Waals surface area contributed by atoms with Crippen LogP contribution in [0.2, 0.25) is 5.02 Å². The summed E-state index contributed by atoms with van der Waals surface area (Å²) in [6.07, 6.45) is 2.77. The van der Waals surface area contributed by atoms with Gasteiger partial charge < -0.3 is 10.4 Å². The summed E-state index contributed by atoms with van der Waals surface area (Å²) in [5.41, 5.74) is -0.288. The zero-order chi connectivity index (χ0) is 14.5. The van der Waals surface area contributed by atoms with E-state index in [0.717, 1.165) is 11.8 Å². The molecule has 0 fully saturated rings. The van der Waals surface area contributed by atoms with E-state index in [-0.39, 0.29) is 27.5 Å². The number of carbonyl (C=O) groups excluding carboxylic acids is 1. The van der Waals surface area contributed by atoms with E-state index in [0.29, 0.717) is 5.13 Å². The Balaban J connectivity index is 1.95. The van der Waals surface area contributed by atoms with Crippen LogP contribution >= 0.6 is 34.7 Å². The average Bonchev–Trinajstić information content (AvgIpc) is 2.90. The zero-order valence-corrected chi connectivity index (χ0v) is 12.1. The maximum atomic E-state index is 11.6. The van der Waals surface area contributed by atoms with Crippen LogP contribution < -0.4 is 5.32 Å². The molecule has 0 aromatic carbocycles. The second-order valence-corrected chi connectivity index (χ2v) is 5.57. The van der Waals surface area contributed by atoms with E-state index in [1.165, 1.54) is 17.5 Å². The summed E-state index contributed by atoms with van der Waals surface area (Å²) in [5.74, 6) is -1.48. The Bertz CT molecular complexity index is 635. The maximum absolute atomic E-state index is 11.6. The number of aromatic nitrogens is 3. The van der Waals surface area contributed by atoms with Crippen LogP contribution in [0, 0.1) is 0 Å². The molecule has 0 saturated heterocycles. The molecule has 104 valence electrons. The van der Waals surface area contributed by atoms with Crippen molar-refractivity contribution in [3.8, 4) is 0 Å². The first kappa shape index (κ1) is 14.7. The van der Waals surface area contributed by atoms with Gasteiger partial charge in [0, 0.05) is 11.6 Å². The van der Waals surface area contributed by atoms with E-state index in [2.05, 4.69) is 20.3 Å². The van der Waals surface area contributed by atoms with Crippen molar-refractivity contribution in [1.82, 2.24) is 15.0 Å². The number of thioether (sulfide) groups is 1. The van der Waals surface area contributed by atoms with Gasteiger partial charge in [-0.2, -0.15) is 0 Å². The molecule has 0 radical (unpaired) electrons. The SMILES string of the molecule is O=C(CSc1ncc(Cl)c(C(=O)O)n1)Nc1nccs1. The van der Waals surface area contributed by atoms with Gasteiger partial charge in [-0.25, -0.2) is 19.7 Å². The fraction of sp³-hybridized carbons (Fsp3) is 0.100. The van der Waals surface area contributed by atoms with Gasteiger partial charge in [-0.05, 0) is 0 Å². The molecule has 0 aliphatic heterocycles. The second kappa shape index (κ2) is 6.64. The molecule has 2 rings (SSSR count). The Hall–Kier alpha value is -1.71. The Morgan fingerprint density at radius 3 is 2.90 bits per heavy atom. The molecular formula is C10H7ClN4O3S2. The van der Waals surface area contributed by atoms with Crippen LogP contribution in [0.5, 0.6) is 0 Å². The quantitative estimate of drug-likeness (QED) is 0.638. The third-order valence-electron chi connectivity index (χ3n) is 1.94. The summed E-state index contributed by atoms with van der Waals surface area (Å²) < 4.78 is 0. The molecule has 2 aromatic heterocycles. The lowest BCUT2D eigenvalue weighted by Crippen LogP contribution is -2.14. The van der Waals surface area contributed by atoms with Crippen molar-refractivity contribution in [1.29, 1.82) is 0 Å². The number of carboxylic acids is 1. The number of thiazole rings is 1. The molecule has 2 N–H and O–H groups in total. The van der Waals surface area contributed by atoms with Crippen molar-refractivity contribution >= 4 is 51.7 Å². The lowest BCUT2D eigenvalue weighted by Gasteiger charge is -2.02. The number of carboxylic acid groups (broad SMARTS) is 1. The monoisotopic (exact) mass is 330 g/mol. The third kappa shape index (κ3) is 3.89. The van der Waals surface area contributed by atoms with Crippen LogP contribution in [0.25, 0.3) is 0 Å². The van der Waals surface area contributed by atoms with E-state index in [9.17, 15) is 9.59 Å². The predicted molar refractivity (Wildman–Crippen MR) is 75.5 cm³/mol. The third-order valence-corrected chi connectivity index (χ3v) is 3.76. The van der Waals surface area contributed by atoms with Gasteiger partial charge in [-0.1, -0.05) is 23.4 Å². The summed E-state index contributed by atoms with van der Waals surface area (Å²) in [5, 5.41) is 13.8. The van der Waals surface area contributed by atoms with Gasteiger partial charge in [-0.3, -0.25) is 4.79 Å². The number of anilines is 1. The maximum Gasteiger partial charge on any atom is 0.356 e. The van der Waals surface area contributed by atoms with Gasteiger partial charge >= 0.3 is 5.97 Å². The fourth-order valence-electron chi connectivity index (χ4n) is 1.14. The average molecular weight is 331 g/mol. The summed E-state index contributed by atoms with van der Waals surface area (Å²) in [4.78, 5) is 34.0. The number of hydrogen-bond acceptors (Lipinski definition) is 7. The molecule has 1 amide bonds. The Morgan fingerprint density at radius 1 is 1.45 bits per heavy atom. The topological polar surface area (TPSA) is 105 Å². The van der Waals surface area contributed by atoms with E-state index in [1.54, 1.807) is 11.6 Å². The number of nitrogens with one attached hydrogen (secondary N) is 1. The molecule has 0 unspecified atom stereocenters. The normalized spacial score (nSPS) is 10.2. The highest BCUT2D eigenvalue weighted by atomic mass is 35.5. The van der Waals surface area contributed by atoms with Gasteiger partial charge in [0.25, 0.3) is 0 Å². The summed E-state index contributed by atoms with van der Waals surface area (Å²) in [6, 6.07) is 0. The van der Waals surface area contributed by atoms with Crippen molar-refractivity contribution in [3.63, 3.8) is 0 Å². The minimum atomic E-state index is -1.24. The number of halogens is 1. The summed E-state index contributed by atoms with van der Waals surface area (Å²) in [7, 11) is 0. The largest absolute Gasteiger partial charge is 0.476 e. The fourth-order valence-corrected chi connectivity index (χ4v) is 2.47. The highest BCUT2D eigenvalue weighted by Gasteiger charge is 2.14. The van der Waals surface area contributed by atoms with Gasteiger partial charge in [0.2, 0.25) is 5.91 Å². The lowest BCUT2D eigenvalue weighted by atomic mass is 10.4. The van der Waals surface area contributed by atoms with Crippen molar-refractivity contribution < 1.29 is 14.7 Å². The first-order valence-electron chi connectivity index (χ1n) is 5.14. The Kier molecular flexibility index (Phi) is 4.88. The minimum Gasteiger partial charge on any atom is -0.476 e. The molecule has 0 atom stereocenters. The molecule has 0 aliphatic carbocycles. The first-order chi connectivity index (χ1) is 9.56. The molecule has 0 bridgehead atoms. The molecule has 0 saturated carbocycles. The molecule has 20 heavy (non-hydrogen) atoms. The highest BCUT2D eigenvalue weighted by molar-refractivity contribution is 7.99. The van der Waals surface area contributed by atoms with Gasteiger partial charge in [0.1, 0.15) is 0 Å². The first-order valence-corrected chi connectivity index (χ1v) is 7.38. The predicted octanol–water partition coefficient (Wildman–Crippen LogP) is 2.02. The van der Waals surface area contributed by atoms with Crippen molar-refractivity contribution in [2.75, 3.05) is 11.1 Å². The molecule has 10 heteroatoms. The smallest absolute Gasteiger partial charge is 0.356 e. The van der Waals surface area contributed by atoms with Gasteiger partial charge in [-0.15, -0.1) is 11.3 Å². The van der Waals surface area contributed by atoms with Gasteiger partial charge in [0.05, 0.1) is 17.0 Å². The van der Waals surface area contributed by atoms with Crippen LogP contribution in [0.4, 0.5) is 5.13 Å². The molecule has 0 aliphatic rings. The number of nitrogens with zero attached hydrogens (tertiary/aromatic N) is 3. The second-order valence-electron chi connectivity index (χ2n) is 3.33. The van der Waals surface area contributed by atoms with Crippen molar-refractivity contribution in [3.05, 3.63) is 28.5 Å².